The molecule has 0 unspecified atom stereocenters. The Labute approximate surface area is 73.1 Å². The van der Waals surface area contributed by atoms with Crippen LogP contribution in [0, 0.1) is 0 Å². The van der Waals surface area contributed by atoms with Gasteiger partial charge in [0.25, 0.3) is 0 Å². The lowest BCUT2D eigenvalue weighted by Gasteiger charge is -2.27. The van der Waals surface area contributed by atoms with E-state index in [1.807, 2.05) is 6.92 Å². The lowest BCUT2D eigenvalue weighted by Crippen LogP contribution is -3.18. The number of quaternary nitrogens is 1. The van der Waals surface area contributed by atoms with Crippen molar-refractivity contribution in [2.75, 3.05) is 31.2 Å². The van der Waals surface area contributed by atoms with Crippen molar-refractivity contribution in [1.29, 1.82) is 0 Å². The minimum atomic E-state index is -2.76. The van der Waals surface area contributed by atoms with E-state index in [2.05, 4.69) is 0 Å². The molecule has 0 aromatic carbocycles. The summed E-state index contributed by atoms with van der Waals surface area (Å²) >= 11 is 0. The molecule has 0 radical (unpaired) electrons. The number of sulfone groups is 1. The third kappa shape index (κ3) is 2.43. The largest absolute Gasteiger partial charge is 0.390 e. The molecule has 5 heteroatoms. The van der Waals surface area contributed by atoms with Crippen molar-refractivity contribution in [1.82, 2.24) is 0 Å². The molecule has 1 saturated heterocycles. The Kier molecular flexibility index (Phi) is 3.09. The zero-order chi connectivity index (χ0) is 9.19. The van der Waals surface area contributed by atoms with Gasteiger partial charge in [0.15, 0.2) is 9.84 Å². The van der Waals surface area contributed by atoms with Crippen molar-refractivity contribution < 1.29 is 18.4 Å². The van der Waals surface area contributed by atoms with Crippen molar-refractivity contribution in [2.24, 2.45) is 0 Å². The van der Waals surface area contributed by atoms with Gasteiger partial charge in [0.2, 0.25) is 0 Å². The van der Waals surface area contributed by atoms with Crippen LogP contribution in [0.25, 0.3) is 0 Å². The Balaban J connectivity index is 2.46. The van der Waals surface area contributed by atoms with Crippen LogP contribution in [0.4, 0.5) is 0 Å². The van der Waals surface area contributed by atoms with Gasteiger partial charge < -0.3 is 10.0 Å². The van der Waals surface area contributed by atoms with E-state index in [0.717, 1.165) is 0 Å². The van der Waals surface area contributed by atoms with Gasteiger partial charge in [-0.3, -0.25) is 0 Å². The molecule has 4 nitrogen and oxygen atoms in total. The summed E-state index contributed by atoms with van der Waals surface area (Å²) in [6, 6.07) is 0.167. The molecule has 0 spiro atoms. The van der Waals surface area contributed by atoms with E-state index in [1.165, 1.54) is 4.90 Å². The van der Waals surface area contributed by atoms with Crippen molar-refractivity contribution >= 4 is 9.84 Å². The maximum absolute atomic E-state index is 11.0. The van der Waals surface area contributed by atoms with Crippen LogP contribution >= 0.6 is 0 Å². The first kappa shape index (κ1) is 9.95. The van der Waals surface area contributed by atoms with Crippen LogP contribution in [0.2, 0.25) is 0 Å². The summed E-state index contributed by atoms with van der Waals surface area (Å²) in [6.07, 6.45) is 0. The first-order valence-electron chi connectivity index (χ1n) is 4.21. The van der Waals surface area contributed by atoms with Crippen molar-refractivity contribution in [3.63, 3.8) is 0 Å². The molecule has 1 aliphatic rings. The minimum absolute atomic E-state index is 0.134. The fourth-order valence-electron chi connectivity index (χ4n) is 1.42. The van der Waals surface area contributed by atoms with Crippen LogP contribution in [-0.2, 0) is 9.84 Å². The first-order chi connectivity index (χ1) is 5.55. The number of hydrogen-bond acceptors (Lipinski definition) is 3. The third-order valence-electron chi connectivity index (χ3n) is 2.44. The van der Waals surface area contributed by atoms with Gasteiger partial charge in [-0.25, -0.2) is 8.42 Å². The van der Waals surface area contributed by atoms with Crippen molar-refractivity contribution in [2.45, 2.75) is 13.0 Å². The van der Waals surface area contributed by atoms with Crippen LogP contribution in [0.15, 0.2) is 0 Å². The topological polar surface area (TPSA) is 58.8 Å². The van der Waals surface area contributed by atoms with E-state index in [9.17, 15) is 8.42 Å². The molecule has 0 amide bonds. The fourth-order valence-corrected chi connectivity index (χ4v) is 2.77. The SMILES string of the molecule is C[C@H](CO)[NH+]1CCS(=O)(=O)CC1. The predicted molar refractivity (Wildman–Crippen MR) is 45.9 cm³/mol. The van der Waals surface area contributed by atoms with Gasteiger partial charge in [-0.2, -0.15) is 0 Å². The van der Waals surface area contributed by atoms with Crippen LogP contribution < -0.4 is 4.90 Å². The number of rotatable bonds is 2. The van der Waals surface area contributed by atoms with E-state index >= 15 is 0 Å². The summed E-state index contributed by atoms with van der Waals surface area (Å²) in [7, 11) is -2.76. The highest BCUT2D eigenvalue weighted by atomic mass is 32.2. The Morgan fingerprint density at radius 1 is 1.42 bits per heavy atom. The maximum Gasteiger partial charge on any atom is 0.161 e. The van der Waals surface area contributed by atoms with Gasteiger partial charge in [0, 0.05) is 0 Å². The molecule has 1 heterocycles. The summed E-state index contributed by atoms with van der Waals surface area (Å²) in [4.78, 5) is 1.20. The first-order valence-corrected chi connectivity index (χ1v) is 6.03. The highest BCUT2D eigenvalue weighted by Gasteiger charge is 2.27. The molecule has 1 fully saturated rings. The lowest BCUT2D eigenvalue weighted by atomic mass is 10.3. The average molecular weight is 194 g/mol. The number of nitrogens with one attached hydrogen (secondary N) is 1. The molecule has 72 valence electrons. The van der Waals surface area contributed by atoms with Gasteiger partial charge in [-0.15, -0.1) is 0 Å². The van der Waals surface area contributed by atoms with E-state index in [0.29, 0.717) is 13.1 Å². The summed E-state index contributed by atoms with van der Waals surface area (Å²) in [5.41, 5.74) is 0. The van der Waals surface area contributed by atoms with Gasteiger partial charge in [0.1, 0.15) is 6.04 Å². The Morgan fingerprint density at radius 2 is 1.92 bits per heavy atom. The second-order valence-corrected chi connectivity index (χ2v) is 5.70. The van der Waals surface area contributed by atoms with E-state index in [4.69, 9.17) is 5.11 Å². The molecular formula is C7H16NO3S+. The summed E-state index contributed by atoms with van der Waals surface area (Å²) in [6.45, 7) is 3.36. The summed E-state index contributed by atoms with van der Waals surface area (Å²) < 4.78 is 22.1. The predicted octanol–water partition coefficient (Wildman–Crippen LogP) is -2.32. The second kappa shape index (κ2) is 3.72. The zero-order valence-electron chi connectivity index (χ0n) is 7.28. The molecule has 0 aromatic rings. The van der Waals surface area contributed by atoms with Crippen LogP contribution in [0.3, 0.4) is 0 Å². The molecule has 0 saturated carbocycles. The Hall–Kier alpha value is -0.130. The molecule has 0 bridgehead atoms. The summed E-state index contributed by atoms with van der Waals surface area (Å²) in [5, 5.41) is 8.85. The maximum atomic E-state index is 11.0. The quantitative estimate of drug-likeness (QED) is 0.519. The monoisotopic (exact) mass is 194 g/mol. The normalized spacial score (nSPS) is 26.8. The van der Waals surface area contributed by atoms with Crippen molar-refractivity contribution in [3.05, 3.63) is 0 Å². The molecule has 1 atom stereocenters. The minimum Gasteiger partial charge on any atom is -0.390 e. The number of aliphatic hydroxyl groups excluding tert-OH is 1. The molecule has 2 N–H and O–H groups in total. The van der Waals surface area contributed by atoms with Gasteiger partial charge in [-0.05, 0) is 6.92 Å². The Bertz CT molecular complexity index is 223. The van der Waals surface area contributed by atoms with E-state index in [1.54, 1.807) is 0 Å². The third-order valence-corrected chi connectivity index (χ3v) is 4.09. The molecule has 12 heavy (non-hydrogen) atoms. The standard InChI is InChI=1S/C7H15NO3S/c1-7(6-9)8-2-4-12(10,11)5-3-8/h7,9H,2-6H2,1H3/p+1/t7-/m1/s1. The highest BCUT2D eigenvalue weighted by molar-refractivity contribution is 7.91. The summed E-state index contributed by atoms with van der Waals surface area (Å²) in [5.74, 6) is 0.541. The van der Waals surface area contributed by atoms with Crippen molar-refractivity contribution in [3.8, 4) is 0 Å². The van der Waals surface area contributed by atoms with Crippen LogP contribution in [-0.4, -0.2) is 50.8 Å². The van der Waals surface area contributed by atoms with Gasteiger partial charge >= 0.3 is 0 Å². The molecule has 0 aromatic heterocycles. The number of aliphatic hydroxyl groups is 1. The van der Waals surface area contributed by atoms with Crippen LogP contribution in [0.5, 0.6) is 0 Å². The lowest BCUT2D eigenvalue weighted by molar-refractivity contribution is -0.920. The molecular weight excluding hydrogens is 178 g/mol. The average Bonchev–Trinajstić information content (AvgIpc) is 2.03. The zero-order valence-corrected chi connectivity index (χ0v) is 8.10. The molecule has 1 rings (SSSR count). The van der Waals surface area contributed by atoms with E-state index < -0.39 is 9.84 Å². The molecule has 1 aliphatic heterocycles. The Morgan fingerprint density at radius 3 is 2.33 bits per heavy atom. The fraction of sp³-hybridized carbons (Fsp3) is 1.00. The van der Waals surface area contributed by atoms with Gasteiger partial charge in [0.05, 0.1) is 31.2 Å². The molecule has 0 aliphatic carbocycles. The smallest absolute Gasteiger partial charge is 0.161 e. The van der Waals surface area contributed by atoms with Gasteiger partial charge in [-0.1, -0.05) is 0 Å². The van der Waals surface area contributed by atoms with E-state index in [-0.39, 0.29) is 24.2 Å². The number of hydrogen-bond donors (Lipinski definition) is 2. The second-order valence-electron chi connectivity index (χ2n) is 3.39. The highest BCUT2D eigenvalue weighted by Crippen LogP contribution is 1.90. The van der Waals surface area contributed by atoms with Crippen LogP contribution in [0.1, 0.15) is 6.92 Å².